The quantitative estimate of drug-likeness (QED) is 0.670. The van der Waals surface area contributed by atoms with E-state index in [9.17, 15) is 0 Å². The van der Waals surface area contributed by atoms with Crippen LogP contribution >= 0.6 is 11.3 Å². The van der Waals surface area contributed by atoms with Crippen LogP contribution in [0.3, 0.4) is 0 Å². The van der Waals surface area contributed by atoms with Gasteiger partial charge in [-0.1, -0.05) is 0 Å². The van der Waals surface area contributed by atoms with E-state index in [0.717, 1.165) is 32.7 Å². The predicted octanol–water partition coefficient (Wildman–Crippen LogP) is 2.65. The largest absolute Gasteiger partial charge is 0.382 e. The van der Waals surface area contributed by atoms with Crippen LogP contribution in [0.5, 0.6) is 0 Å². The van der Waals surface area contributed by atoms with E-state index in [0.29, 0.717) is 0 Å². The maximum absolute atomic E-state index is 5.26. The summed E-state index contributed by atoms with van der Waals surface area (Å²) in [5.74, 6) is 0. The van der Waals surface area contributed by atoms with Gasteiger partial charge in [-0.25, -0.2) is 0 Å². The van der Waals surface area contributed by atoms with E-state index in [1.165, 1.54) is 12.0 Å². The lowest BCUT2D eigenvalue weighted by Gasteiger charge is -2.03. The minimum atomic E-state index is 0.836. The Balaban J connectivity index is 1.85. The van der Waals surface area contributed by atoms with E-state index in [4.69, 9.17) is 4.74 Å². The van der Waals surface area contributed by atoms with Crippen LogP contribution in [0.25, 0.3) is 0 Å². The van der Waals surface area contributed by atoms with Crippen LogP contribution in [-0.4, -0.2) is 19.8 Å². The van der Waals surface area contributed by atoms with E-state index >= 15 is 0 Å². The molecule has 80 valence electrons. The van der Waals surface area contributed by atoms with Crippen molar-refractivity contribution in [3.8, 4) is 0 Å². The van der Waals surface area contributed by atoms with Crippen LogP contribution < -0.4 is 5.32 Å². The molecule has 0 radical (unpaired) electrons. The van der Waals surface area contributed by atoms with Gasteiger partial charge < -0.3 is 10.1 Å². The molecule has 0 unspecified atom stereocenters. The lowest BCUT2D eigenvalue weighted by molar-refractivity contribution is 0.143. The molecule has 0 amide bonds. The van der Waals surface area contributed by atoms with E-state index in [1.807, 2.05) is 6.92 Å². The highest BCUT2D eigenvalue weighted by Gasteiger charge is 1.92. The molecule has 1 heterocycles. The van der Waals surface area contributed by atoms with Gasteiger partial charge in [0.05, 0.1) is 0 Å². The Hall–Kier alpha value is -0.380. The maximum atomic E-state index is 5.26. The smallest absolute Gasteiger partial charge is 0.0466 e. The summed E-state index contributed by atoms with van der Waals surface area (Å²) in [7, 11) is 0. The molecular weight excluding hydrogens is 194 g/mol. The number of hydrogen-bond acceptors (Lipinski definition) is 3. The summed E-state index contributed by atoms with van der Waals surface area (Å²) in [5, 5.41) is 7.72. The number of rotatable bonds is 8. The molecule has 0 spiro atoms. The molecule has 0 atom stereocenters. The molecule has 0 bridgehead atoms. The van der Waals surface area contributed by atoms with Crippen LogP contribution in [0.4, 0.5) is 0 Å². The van der Waals surface area contributed by atoms with Crippen molar-refractivity contribution in [1.29, 1.82) is 0 Å². The van der Waals surface area contributed by atoms with Crippen LogP contribution in [0, 0.1) is 0 Å². The zero-order chi connectivity index (χ0) is 10.1. The second-order valence-corrected chi connectivity index (χ2v) is 3.99. The van der Waals surface area contributed by atoms with Gasteiger partial charge in [-0.15, -0.1) is 0 Å². The Morgan fingerprint density at radius 3 is 3.07 bits per heavy atom. The SMILES string of the molecule is CCOCCCCNCc1ccsc1. The zero-order valence-electron chi connectivity index (χ0n) is 8.79. The average molecular weight is 213 g/mol. The molecule has 0 aliphatic carbocycles. The number of ether oxygens (including phenoxy) is 1. The number of nitrogens with one attached hydrogen (secondary N) is 1. The van der Waals surface area contributed by atoms with Gasteiger partial charge >= 0.3 is 0 Å². The first-order valence-electron chi connectivity index (χ1n) is 5.23. The first kappa shape index (κ1) is 11.7. The number of thiophene rings is 1. The van der Waals surface area contributed by atoms with Crippen molar-refractivity contribution >= 4 is 11.3 Å². The molecule has 0 aliphatic heterocycles. The monoisotopic (exact) mass is 213 g/mol. The van der Waals surface area contributed by atoms with Gasteiger partial charge in [-0.05, 0) is 48.7 Å². The molecule has 14 heavy (non-hydrogen) atoms. The van der Waals surface area contributed by atoms with Crippen molar-refractivity contribution in [2.75, 3.05) is 19.8 Å². The highest BCUT2D eigenvalue weighted by atomic mass is 32.1. The van der Waals surface area contributed by atoms with E-state index in [-0.39, 0.29) is 0 Å². The minimum Gasteiger partial charge on any atom is -0.382 e. The Morgan fingerprint density at radius 2 is 2.36 bits per heavy atom. The van der Waals surface area contributed by atoms with Gasteiger partial charge in [0.1, 0.15) is 0 Å². The topological polar surface area (TPSA) is 21.3 Å². The third-order valence-corrected chi connectivity index (χ3v) is 2.74. The second kappa shape index (κ2) is 7.97. The van der Waals surface area contributed by atoms with Gasteiger partial charge in [0.15, 0.2) is 0 Å². The van der Waals surface area contributed by atoms with Crippen LogP contribution in [0.2, 0.25) is 0 Å². The standard InChI is InChI=1S/C11H19NOS/c1-2-13-7-4-3-6-12-9-11-5-8-14-10-11/h5,8,10,12H,2-4,6-7,9H2,1H3. The van der Waals surface area contributed by atoms with Gasteiger partial charge in [0.25, 0.3) is 0 Å². The second-order valence-electron chi connectivity index (χ2n) is 3.21. The molecule has 3 heteroatoms. The molecule has 1 N–H and O–H groups in total. The van der Waals surface area contributed by atoms with Crippen molar-refractivity contribution < 1.29 is 4.74 Å². The lowest BCUT2D eigenvalue weighted by Crippen LogP contribution is -2.14. The summed E-state index contributed by atoms with van der Waals surface area (Å²) in [6, 6.07) is 2.16. The van der Waals surface area contributed by atoms with E-state index < -0.39 is 0 Å². The Bertz CT molecular complexity index is 211. The summed E-state index contributed by atoms with van der Waals surface area (Å²) in [6.07, 6.45) is 2.36. The fourth-order valence-electron chi connectivity index (χ4n) is 1.22. The summed E-state index contributed by atoms with van der Waals surface area (Å²) in [4.78, 5) is 0. The van der Waals surface area contributed by atoms with Crippen LogP contribution in [0.1, 0.15) is 25.3 Å². The fourth-order valence-corrected chi connectivity index (χ4v) is 1.89. The Labute approximate surface area is 90.3 Å². The van der Waals surface area contributed by atoms with E-state index in [1.54, 1.807) is 11.3 Å². The molecule has 0 saturated heterocycles. The van der Waals surface area contributed by atoms with E-state index in [2.05, 4.69) is 22.1 Å². The van der Waals surface area contributed by atoms with Gasteiger partial charge in [0.2, 0.25) is 0 Å². The van der Waals surface area contributed by atoms with Crippen LogP contribution in [-0.2, 0) is 11.3 Å². The van der Waals surface area contributed by atoms with Crippen LogP contribution in [0.15, 0.2) is 16.8 Å². The molecule has 0 fully saturated rings. The molecular formula is C11H19NOS. The third kappa shape index (κ3) is 5.37. The first-order valence-corrected chi connectivity index (χ1v) is 6.17. The first-order chi connectivity index (χ1) is 6.93. The predicted molar refractivity (Wildman–Crippen MR) is 61.8 cm³/mol. The minimum absolute atomic E-state index is 0.836. The number of unbranched alkanes of at least 4 members (excludes halogenated alkanes) is 1. The molecule has 0 aliphatic rings. The fraction of sp³-hybridized carbons (Fsp3) is 0.636. The van der Waals surface area contributed by atoms with Gasteiger partial charge in [0, 0.05) is 19.8 Å². The molecule has 0 saturated carbocycles. The summed E-state index contributed by atoms with van der Waals surface area (Å²) in [5.41, 5.74) is 1.39. The lowest BCUT2D eigenvalue weighted by atomic mass is 10.3. The Kier molecular flexibility index (Phi) is 6.66. The summed E-state index contributed by atoms with van der Waals surface area (Å²) in [6.45, 7) is 5.86. The third-order valence-electron chi connectivity index (χ3n) is 2.01. The average Bonchev–Trinajstić information content (AvgIpc) is 2.69. The van der Waals surface area contributed by atoms with Crippen molar-refractivity contribution in [3.05, 3.63) is 22.4 Å². The summed E-state index contributed by atoms with van der Waals surface area (Å²) < 4.78 is 5.26. The molecule has 1 aromatic rings. The highest BCUT2D eigenvalue weighted by Crippen LogP contribution is 2.04. The van der Waals surface area contributed by atoms with Crippen molar-refractivity contribution in [3.63, 3.8) is 0 Å². The van der Waals surface area contributed by atoms with Gasteiger partial charge in [-0.2, -0.15) is 11.3 Å². The summed E-state index contributed by atoms with van der Waals surface area (Å²) >= 11 is 1.75. The van der Waals surface area contributed by atoms with Crippen molar-refractivity contribution in [2.45, 2.75) is 26.3 Å². The molecule has 0 aromatic carbocycles. The van der Waals surface area contributed by atoms with Crippen molar-refractivity contribution in [2.24, 2.45) is 0 Å². The Morgan fingerprint density at radius 1 is 1.43 bits per heavy atom. The zero-order valence-corrected chi connectivity index (χ0v) is 9.61. The normalized spacial score (nSPS) is 10.6. The van der Waals surface area contributed by atoms with Crippen molar-refractivity contribution in [1.82, 2.24) is 5.32 Å². The van der Waals surface area contributed by atoms with Gasteiger partial charge in [-0.3, -0.25) is 0 Å². The molecule has 2 nitrogen and oxygen atoms in total. The molecule has 1 aromatic heterocycles. The molecule has 1 rings (SSSR count). The maximum Gasteiger partial charge on any atom is 0.0466 e. The highest BCUT2D eigenvalue weighted by molar-refractivity contribution is 7.07. The number of hydrogen-bond donors (Lipinski definition) is 1.